The van der Waals surface area contributed by atoms with Gasteiger partial charge in [-0.1, -0.05) is 0 Å². The number of hydrogen-bond acceptors (Lipinski definition) is 2. The van der Waals surface area contributed by atoms with E-state index < -0.39 is 23.4 Å². The molecule has 6 heteroatoms. The van der Waals surface area contributed by atoms with E-state index >= 15 is 0 Å². The van der Waals surface area contributed by atoms with Crippen LogP contribution in [-0.4, -0.2) is 11.6 Å². The van der Waals surface area contributed by atoms with Crippen molar-refractivity contribution in [1.29, 1.82) is 0 Å². The Balaban J connectivity index is 3.01. The van der Waals surface area contributed by atoms with Gasteiger partial charge in [-0.15, -0.1) is 0 Å². The zero-order valence-electron chi connectivity index (χ0n) is 7.23. The zero-order chi connectivity index (χ0) is 10.8. The summed E-state index contributed by atoms with van der Waals surface area (Å²) >= 11 is 0. The molecule has 0 N–H and O–H groups in total. The number of ether oxygens (including phenoxy) is 1. The lowest BCUT2D eigenvalue weighted by Crippen LogP contribution is -2.07. The van der Waals surface area contributed by atoms with Crippen molar-refractivity contribution < 1.29 is 22.3 Å². The second kappa shape index (κ2) is 3.81. The van der Waals surface area contributed by atoms with Gasteiger partial charge in [0.05, 0.1) is 12.2 Å². The minimum atomic E-state index is -4.58. The standard InChI is InChI=1S/C8H7F4NO/c1-2-14-7-6(9)3-5(4-13-7)8(10,11)12/h3-4H,2H2,1H3. The second-order valence-corrected chi connectivity index (χ2v) is 2.44. The molecule has 0 amide bonds. The van der Waals surface area contributed by atoms with Gasteiger partial charge < -0.3 is 4.74 Å². The average Bonchev–Trinajstić information content (AvgIpc) is 2.07. The summed E-state index contributed by atoms with van der Waals surface area (Å²) in [7, 11) is 0. The van der Waals surface area contributed by atoms with E-state index in [0.717, 1.165) is 0 Å². The molecule has 0 aliphatic carbocycles. The lowest BCUT2D eigenvalue weighted by Gasteiger charge is -2.07. The van der Waals surface area contributed by atoms with Crippen molar-refractivity contribution in [2.45, 2.75) is 13.1 Å². The monoisotopic (exact) mass is 209 g/mol. The van der Waals surface area contributed by atoms with Crippen LogP contribution in [0.25, 0.3) is 0 Å². The van der Waals surface area contributed by atoms with Crippen LogP contribution in [0, 0.1) is 5.82 Å². The lowest BCUT2D eigenvalue weighted by atomic mass is 10.3. The topological polar surface area (TPSA) is 22.1 Å². The third-order valence-electron chi connectivity index (χ3n) is 1.42. The van der Waals surface area contributed by atoms with Crippen molar-refractivity contribution in [3.63, 3.8) is 0 Å². The number of hydrogen-bond donors (Lipinski definition) is 0. The van der Waals surface area contributed by atoms with Crippen molar-refractivity contribution in [3.8, 4) is 5.88 Å². The lowest BCUT2D eigenvalue weighted by molar-refractivity contribution is -0.138. The fraction of sp³-hybridized carbons (Fsp3) is 0.375. The summed E-state index contributed by atoms with van der Waals surface area (Å²) in [5.74, 6) is -1.53. The van der Waals surface area contributed by atoms with Crippen molar-refractivity contribution in [3.05, 3.63) is 23.6 Å². The van der Waals surface area contributed by atoms with Crippen LogP contribution in [0.5, 0.6) is 5.88 Å². The Kier molecular flexibility index (Phi) is 2.93. The predicted octanol–water partition coefficient (Wildman–Crippen LogP) is 2.64. The highest BCUT2D eigenvalue weighted by molar-refractivity contribution is 5.22. The number of rotatable bonds is 2. The van der Waals surface area contributed by atoms with Gasteiger partial charge in [-0.3, -0.25) is 0 Å². The highest BCUT2D eigenvalue weighted by Gasteiger charge is 2.32. The molecule has 78 valence electrons. The van der Waals surface area contributed by atoms with E-state index in [1.165, 1.54) is 0 Å². The number of aromatic nitrogens is 1. The van der Waals surface area contributed by atoms with Gasteiger partial charge in [-0.2, -0.15) is 13.2 Å². The van der Waals surface area contributed by atoms with Gasteiger partial charge in [0, 0.05) is 6.20 Å². The summed E-state index contributed by atoms with van der Waals surface area (Å²) in [6, 6.07) is 0.359. The van der Waals surface area contributed by atoms with Crippen molar-refractivity contribution in [2.75, 3.05) is 6.61 Å². The van der Waals surface area contributed by atoms with Gasteiger partial charge in [-0.05, 0) is 13.0 Å². The first-order valence-electron chi connectivity index (χ1n) is 3.80. The van der Waals surface area contributed by atoms with Crippen molar-refractivity contribution in [1.82, 2.24) is 4.98 Å². The Hall–Kier alpha value is -1.33. The molecule has 0 spiro atoms. The minimum Gasteiger partial charge on any atom is -0.476 e. The summed E-state index contributed by atoms with van der Waals surface area (Å²) < 4.78 is 53.6. The Morgan fingerprint density at radius 1 is 1.43 bits per heavy atom. The molecule has 0 aliphatic rings. The molecule has 0 unspecified atom stereocenters. The summed E-state index contributed by atoms with van der Waals surface area (Å²) in [5, 5.41) is 0. The number of halogens is 4. The zero-order valence-corrected chi connectivity index (χ0v) is 7.23. The van der Waals surface area contributed by atoms with Crippen LogP contribution in [0.4, 0.5) is 17.6 Å². The molecule has 0 atom stereocenters. The molecule has 1 rings (SSSR count). The van der Waals surface area contributed by atoms with E-state index in [1.807, 2.05) is 0 Å². The van der Waals surface area contributed by atoms with E-state index in [-0.39, 0.29) is 6.61 Å². The SMILES string of the molecule is CCOc1ncc(C(F)(F)F)cc1F. The molecule has 0 saturated carbocycles. The van der Waals surface area contributed by atoms with Crippen LogP contribution >= 0.6 is 0 Å². The molecular weight excluding hydrogens is 202 g/mol. The number of alkyl halides is 3. The minimum absolute atomic E-state index is 0.148. The van der Waals surface area contributed by atoms with Crippen molar-refractivity contribution in [2.24, 2.45) is 0 Å². The van der Waals surface area contributed by atoms with Gasteiger partial charge in [-0.25, -0.2) is 9.37 Å². The van der Waals surface area contributed by atoms with Gasteiger partial charge in [0.15, 0.2) is 5.82 Å². The smallest absolute Gasteiger partial charge is 0.417 e. The summed E-state index contributed by atoms with van der Waals surface area (Å²) in [6.07, 6.45) is -4.05. The molecular formula is C8H7F4NO. The van der Waals surface area contributed by atoms with E-state index in [4.69, 9.17) is 0 Å². The second-order valence-electron chi connectivity index (χ2n) is 2.44. The summed E-state index contributed by atoms with van der Waals surface area (Å²) in [5.41, 5.74) is -1.13. The largest absolute Gasteiger partial charge is 0.476 e. The Bertz CT molecular complexity index is 324. The summed E-state index contributed by atoms with van der Waals surface area (Å²) in [6.45, 7) is 1.73. The van der Waals surface area contributed by atoms with Crippen molar-refractivity contribution >= 4 is 0 Å². The Morgan fingerprint density at radius 2 is 2.07 bits per heavy atom. The van der Waals surface area contributed by atoms with Crippen LogP contribution in [0.15, 0.2) is 12.3 Å². The van der Waals surface area contributed by atoms with Gasteiger partial charge in [0.1, 0.15) is 0 Å². The molecule has 1 heterocycles. The van der Waals surface area contributed by atoms with Gasteiger partial charge in [0.25, 0.3) is 0 Å². The maximum Gasteiger partial charge on any atom is 0.417 e. The molecule has 0 aliphatic heterocycles. The van der Waals surface area contributed by atoms with E-state index in [1.54, 1.807) is 6.92 Å². The maximum absolute atomic E-state index is 12.9. The Morgan fingerprint density at radius 3 is 2.50 bits per heavy atom. The predicted molar refractivity (Wildman–Crippen MR) is 40.4 cm³/mol. The third kappa shape index (κ3) is 2.34. The first-order chi connectivity index (χ1) is 6.45. The van der Waals surface area contributed by atoms with Crippen LogP contribution < -0.4 is 4.74 Å². The first kappa shape index (κ1) is 10.7. The maximum atomic E-state index is 12.9. The normalized spacial score (nSPS) is 11.5. The first-order valence-corrected chi connectivity index (χ1v) is 3.80. The molecule has 14 heavy (non-hydrogen) atoms. The van der Waals surface area contributed by atoms with Gasteiger partial charge >= 0.3 is 6.18 Å². The average molecular weight is 209 g/mol. The van der Waals surface area contributed by atoms with Crippen LogP contribution in [0.3, 0.4) is 0 Å². The fourth-order valence-electron chi connectivity index (χ4n) is 0.823. The molecule has 1 aromatic heterocycles. The number of nitrogens with zero attached hydrogens (tertiary/aromatic N) is 1. The highest BCUT2D eigenvalue weighted by atomic mass is 19.4. The summed E-state index contributed by atoms with van der Waals surface area (Å²) in [4.78, 5) is 3.22. The van der Waals surface area contributed by atoms with Crippen LogP contribution in [0.1, 0.15) is 12.5 Å². The fourth-order valence-corrected chi connectivity index (χ4v) is 0.823. The Labute approximate surface area is 77.5 Å². The van der Waals surface area contributed by atoms with E-state index in [2.05, 4.69) is 9.72 Å². The quantitative estimate of drug-likeness (QED) is 0.698. The van der Waals surface area contributed by atoms with Crippen LogP contribution in [0.2, 0.25) is 0 Å². The number of pyridine rings is 1. The molecule has 0 aromatic carbocycles. The molecule has 0 bridgehead atoms. The van der Waals surface area contributed by atoms with Gasteiger partial charge in [0.2, 0.25) is 5.88 Å². The highest BCUT2D eigenvalue weighted by Crippen LogP contribution is 2.30. The molecule has 1 aromatic rings. The van der Waals surface area contributed by atoms with Crippen LogP contribution in [-0.2, 0) is 6.18 Å². The molecule has 0 radical (unpaired) electrons. The third-order valence-corrected chi connectivity index (χ3v) is 1.42. The van der Waals surface area contributed by atoms with E-state index in [0.29, 0.717) is 12.3 Å². The van der Waals surface area contributed by atoms with E-state index in [9.17, 15) is 17.6 Å². The molecule has 0 fully saturated rings. The molecule has 0 saturated heterocycles. The molecule has 2 nitrogen and oxygen atoms in total.